The van der Waals surface area contributed by atoms with Gasteiger partial charge in [-0.2, -0.15) is 5.26 Å². The van der Waals surface area contributed by atoms with Crippen LogP contribution in [0.15, 0.2) is 52.4 Å². The van der Waals surface area contributed by atoms with Crippen LogP contribution in [0.2, 0.25) is 5.02 Å². The highest BCUT2D eigenvalue weighted by molar-refractivity contribution is 7.92. The Kier molecular flexibility index (Phi) is 7.23. The molecule has 0 fully saturated rings. The number of aromatic nitrogens is 2. The van der Waals surface area contributed by atoms with Crippen LogP contribution >= 0.6 is 22.9 Å². The zero-order valence-corrected chi connectivity index (χ0v) is 19.6. The summed E-state index contributed by atoms with van der Waals surface area (Å²) in [7, 11) is -3.57. The van der Waals surface area contributed by atoms with Crippen molar-refractivity contribution in [3.63, 3.8) is 0 Å². The molecule has 1 N–H and O–H groups in total. The van der Waals surface area contributed by atoms with Crippen molar-refractivity contribution in [1.82, 2.24) is 10.2 Å². The quantitative estimate of drug-likeness (QED) is 0.177. The molecule has 0 saturated heterocycles. The van der Waals surface area contributed by atoms with Gasteiger partial charge in [0, 0.05) is 6.26 Å². The van der Waals surface area contributed by atoms with E-state index in [4.69, 9.17) is 16.3 Å². The topological polar surface area (TPSA) is 139 Å². The molecule has 2 aromatic carbocycles. The van der Waals surface area contributed by atoms with Gasteiger partial charge in [-0.3, -0.25) is 10.1 Å². The molecule has 3 aromatic rings. The van der Waals surface area contributed by atoms with Crippen LogP contribution in [0.5, 0.6) is 5.75 Å². The van der Waals surface area contributed by atoms with Gasteiger partial charge in [0.2, 0.25) is 19.3 Å². The van der Waals surface area contributed by atoms with Crippen LogP contribution in [-0.2, 0) is 14.6 Å². The summed E-state index contributed by atoms with van der Waals surface area (Å²) in [6, 6.07) is 13.0. The van der Waals surface area contributed by atoms with E-state index in [0.29, 0.717) is 22.5 Å². The highest BCUT2D eigenvalue weighted by atomic mass is 35.5. The molecule has 33 heavy (non-hydrogen) atoms. The zero-order valence-electron chi connectivity index (χ0n) is 17.2. The van der Waals surface area contributed by atoms with Gasteiger partial charge < -0.3 is 4.74 Å². The molecule has 1 aromatic heterocycles. The van der Waals surface area contributed by atoms with E-state index >= 15 is 0 Å². The number of anilines is 1. The fourth-order valence-electron chi connectivity index (χ4n) is 2.51. The van der Waals surface area contributed by atoms with Crippen LogP contribution in [-0.4, -0.2) is 36.7 Å². The van der Waals surface area contributed by atoms with E-state index in [9.17, 15) is 23.3 Å². The van der Waals surface area contributed by atoms with E-state index < -0.39 is 21.7 Å². The minimum atomic E-state index is -3.57. The number of halogens is 1. The molecule has 0 aliphatic rings. The Hall–Kier alpha value is -3.59. The first-order valence-corrected chi connectivity index (χ1v) is 12.2. The molecule has 1 amide bonds. The van der Waals surface area contributed by atoms with Crippen LogP contribution in [0, 0.1) is 18.3 Å². The van der Waals surface area contributed by atoms with Gasteiger partial charge in [0.15, 0.2) is 0 Å². The first-order valence-electron chi connectivity index (χ1n) is 9.12. The summed E-state index contributed by atoms with van der Waals surface area (Å²) in [5, 5.41) is 18.8. The first kappa shape index (κ1) is 24.1. The van der Waals surface area contributed by atoms with Gasteiger partial charge in [-0.25, -0.2) is 13.2 Å². The predicted molar refractivity (Wildman–Crippen MR) is 123 cm³/mol. The molecule has 12 heteroatoms. The third kappa shape index (κ3) is 6.23. The SMILES string of the molecule is Cc1cccc(C(=O)Oc2ccc(C=C(C#N)C(=O)Nc3nnc(S(C)(=O)=O)s3)cc2Cl)c1. The van der Waals surface area contributed by atoms with Crippen molar-refractivity contribution in [1.29, 1.82) is 5.26 Å². The number of nitrogens with zero attached hydrogens (tertiary/aromatic N) is 3. The number of ether oxygens (including phenoxy) is 1. The summed E-state index contributed by atoms with van der Waals surface area (Å²) in [5.41, 5.74) is 1.39. The Morgan fingerprint density at radius 2 is 1.97 bits per heavy atom. The second kappa shape index (κ2) is 9.91. The number of nitrogens with one attached hydrogen (secondary N) is 1. The van der Waals surface area contributed by atoms with Crippen molar-refractivity contribution < 1.29 is 22.7 Å². The van der Waals surface area contributed by atoms with E-state index in [-0.39, 0.29) is 25.8 Å². The third-order valence-corrected chi connectivity index (χ3v) is 6.84. The van der Waals surface area contributed by atoms with Crippen LogP contribution in [0.4, 0.5) is 5.13 Å². The normalized spacial score (nSPS) is 11.5. The van der Waals surface area contributed by atoms with Crippen molar-refractivity contribution in [3.05, 3.63) is 69.8 Å². The number of carbonyl (C=O) groups excluding carboxylic acids is 2. The average molecular weight is 503 g/mol. The van der Waals surface area contributed by atoms with E-state index in [2.05, 4.69) is 15.5 Å². The van der Waals surface area contributed by atoms with E-state index in [1.807, 2.05) is 13.0 Å². The van der Waals surface area contributed by atoms with Gasteiger partial charge in [0.25, 0.3) is 5.91 Å². The maximum Gasteiger partial charge on any atom is 0.343 e. The summed E-state index contributed by atoms with van der Waals surface area (Å²) in [4.78, 5) is 24.7. The van der Waals surface area contributed by atoms with Crippen molar-refractivity contribution >= 4 is 55.9 Å². The van der Waals surface area contributed by atoms with Gasteiger partial charge >= 0.3 is 5.97 Å². The van der Waals surface area contributed by atoms with Crippen LogP contribution in [0.3, 0.4) is 0 Å². The number of aryl methyl sites for hydroxylation is 1. The molecule has 0 aliphatic carbocycles. The summed E-state index contributed by atoms with van der Waals surface area (Å²) in [5.74, 6) is -1.27. The lowest BCUT2D eigenvalue weighted by atomic mass is 10.1. The number of nitriles is 1. The van der Waals surface area contributed by atoms with Crippen LogP contribution in [0.1, 0.15) is 21.5 Å². The lowest BCUT2D eigenvalue weighted by molar-refractivity contribution is -0.112. The minimum Gasteiger partial charge on any atom is -0.421 e. The Morgan fingerprint density at radius 3 is 2.58 bits per heavy atom. The number of hydrogen-bond donors (Lipinski definition) is 1. The Bertz CT molecular complexity index is 1420. The van der Waals surface area contributed by atoms with Crippen molar-refractivity contribution in [2.24, 2.45) is 0 Å². The zero-order chi connectivity index (χ0) is 24.2. The lowest BCUT2D eigenvalue weighted by Crippen LogP contribution is -2.13. The molecule has 0 radical (unpaired) electrons. The molecule has 3 rings (SSSR count). The largest absolute Gasteiger partial charge is 0.421 e. The van der Waals surface area contributed by atoms with Crippen molar-refractivity contribution in [2.45, 2.75) is 11.3 Å². The monoisotopic (exact) mass is 502 g/mol. The van der Waals surface area contributed by atoms with Gasteiger partial charge in [0.1, 0.15) is 17.4 Å². The molecule has 1 heterocycles. The van der Waals surface area contributed by atoms with Crippen LogP contribution in [0.25, 0.3) is 6.08 Å². The average Bonchev–Trinajstić information content (AvgIpc) is 3.22. The summed E-state index contributed by atoms with van der Waals surface area (Å²) >= 11 is 6.87. The highest BCUT2D eigenvalue weighted by Crippen LogP contribution is 2.28. The van der Waals surface area contributed by atoms with Crippen molar-refractivity contribution in [3.8, 4) is 11.8 Å². The van der Waals surface area contributed by atoms with Crippen LogP contribution < -0.4 is 10.1 Å². The number of hydrogen-bond acceptors (Lipinski definition) is 9. The highest BCUT2D eigenvalue weighted by Gasteiger charge is 2.18. The molecule has 0 atom stereocenters. The molecule has 168 valence electrons. The number of benzene rings is 2. The molecule has 9 nitrogen and oxygen atoms in total. The Morgan fingerprint density at radius 1 is 1.21 bits per heavy atom. The number of esters is 1. The Labute approximate surface area is 198 Å². The smallest absolute Gasteiger partial charge is 0.343 e. The van der Waals surface area contributed by atoms with E-state index in [1.165, 1.54) is 24.3 Å². The first-order chi connectivity index (χ1) is 15.6. The maximum absolute atomic E-state index is 12.4. The van der Waals surface area contributed by atoms with Gasteiger partial charge in [-0.05, 0) is 42.8 Å². The molecular weight excluding hydrogens is 488 g/mol. The molecule has 0 unspecified atom stereocenters. The third-order valence-electron chi connectivity index (χ3n) is 4.03. The summed E-state index contributed by atoms with van der Waals surface area (Å²) in [6.07, 6.45) is 2.23. The number of rotatable bonds is 6. The molecule has 0 aliphatic heterocycles. The number of amides is 1. The molecular formula is C21H15ClN4O5S2. The molecule has 0 bridgehead atoms. The van der Waals surface area contributed by atoms with E-state index in [1.54, 1.807) is 24.3 Å². The lowest BCUT2D eigenvalue weighted by Gasteiger charge is -2.08. The standard InChI is InChI=1S/C21H15ClN4O5S2/c1-12-4-3-5-14(8-12)19(28)31-17-7-6-13(10-16(17)22)9-15(11-23)18(27)24-20-25-26-21(32-20)33(2,29)30/h3-10H,1-2H3,(H,24,25,27). The summed E-state index contributed by atoms with van der Waals surface area (Å²) in [6.45, 7) is 1.85. The number of sulfone groups is 1. The predicted octanol–water partition coefficient (Wildman–Crippen LogP) is 3.67. The second-order valence-electron chi connectivity index (χ2n) is 6.72. The molecule has 0 spiro atoms. The maximum atomic E-state index is 12.4. The van der Waals surface area contributed by atoms with E-state index in [0.717, 1.165) is 11.8 Å². The number of carbonyl (C=O) groups is 2. The van der Waals surface area contributed by atoms with Gasteiger partial charge in [0.05, 0.1) is 10.6 Å². The summed E-state index contributed by atoms with van der Waals surface area (Å²) < 4.78 is 28.0. The molecule has 0 saturated carbocycles. The van der Waals surface area contributed by atoms with Gasteiger partial charge in [-0.15, -0.1) is 10.2 Å². The van der Waals surface area contributed by atoms with Gasteiger partial charge in [-0.1, -0.05) is 46.7 Å². The fraction of sp³-hybridized carbons (Fsp3) is 0.0952. The Balaban J connectivity index is 1.75. The second-order valence-corrected chi connectivity index (χ2v) is 10.3. The minimum absolute atomic E-state index is 0.0713. The fourth-order valence-corrected chi connectivity index (χ4v) is 4.24. The van der Waals surface area contributed by atoms with Crippen molar-refractivity contribution in [2.75, 3.05) is 11.6 Å².